The lowest BCUT2D eigenvalue weighted by atomic mass is 9.79. The van der Waals surface area contributed by atoms with Crippen LogP contribution in [0.2, 0.25) is 0 Å². The highest BCUT2D eigenvalue weighted by molar-refractivity contribution is 7.16. The number of nitrogens with zero attached hydrogens (tertiary/aromatic N) is 1. The van der Waals surface area contributed by atoms with E-state index < -0.39 is 0 Å². The van der Waals surface area contributed by atoms with Crippen molar-refractivity contribution in [2.75, 3.05) is 13.1 Å². The molecule has 1 heterocycles. The van der Waals surface area contributed by atoms with Gasteiger partial charge in [-0.2, -0.15) is 0 Å². The van der Waals surface area contributed by atoms with E-state index in [-0.39, 0.29) is 5.91 Å². The van der Waals surface area contributed by atoms with Gasteiger partial charge in [-0.3, -0.25) is 4.79 Å². The molecule has 0 saturated heterocycles. The number of carbonyl (C=O) groups excluding carboxylic acids is 1. The Labute approximate surface area is 246 Å². The fourth-order valence-corrected chi connectivity index (χ4v) is 7.10. The van der Waals surface area contributed by atoms with Gasteiger partial charge in [0, 0.05) is 28.7 Å². The van der Waals surface area contributed by atoms with E-state index in [1.807, 2.05) is 4.90 Å². The molecule has 202 valence electrons. The lowest BCUT2D eigenvalue weighted by Crippen LogP contribution is -2.30. The molecule has 0 fully saturated rings. The molecule has 0 atom stereocenters. The van der Waals surface area contributed by atoms with E-state index in [2.05, 4.69) is 142 Å². The number of rotatable bonds is 7. The maximum Gasteiger partial charge on any atom is 0.264 e. The molecule has 6 rings (SSSR count). The first-order valence-corrected chi connectivity index (χ1v) is 15.1. The molecule has 41 heavy (non-hydrogen) atoms. The Balaban J connectivity index is 1.92. The van der Waals surface area contributed by atoms with Gasteiger partial charge in [0.15, 0.2) is 0 Å². The Morgan fingerprint density at radius 1 is 0.537 bits per heavy atom. The fraction of sp³-hybridized carbons (Fsp3) is 0.132. The molecule has 0 bridgehead atoms. The van der Waals surface area contributed by atoms with Crippen LogP contribution < -0.4 is 0 Å². The molecule has 0 spiro atoms. The monoisotopic (exact) mass is 551 g/mol. The molecule has 1 aromatic heterocycles. The van der Waals surface area contributed by atoms with Gasteiger partial charge in [0.05, 0.1) is 0 Å². The molecule has 0 aliphatic carbocycles. The van der Waals surface area contributed by atoms with Crippen LogP contribution in [0.4, 0.5) is 0 Å². The third-order valence-electron chi connectivity index (χ3n) is 7.83. The smallest absolute Gasteiger partial charge is 0.264 e. The summed E-state index contributed by atoms with van der Waals surface area (Å²) in [7, 11) is 0. The molecular formula is C38H33NOS. The van der Waals surface area contributed by atoms with Gasteiger partial charge in [0.1, 0.15) is 4.88 Å². The summed E-state index contributed by atoms with van der Waals surface area (Å²) in [4.78, 5) is 18.1. The normalized spacial score (nSPS) is 11.1. The number of thiophene rings is 1. The molecule has 0 N–H and O–H groups in total. The van der Waals surface area contributed by atoms with E-state index in [4.69, 9.17) is 0 Å². The van der Waals surface area contributed by atoms with Crippen LogP contribution in [0.5, 0.6) is 0 Å². The number of carbonyl (C=O) groups is 1. The fourth-order valence-electron chi connectivity index (χ4n) is 5.96. The van der Waals surface area contributed by atoms with Crippen LogP contribution >= 0.6 is 11.3 Å². The Kier molecular flexibility index (Phi) is 7.54. The summed E-state index contributed by atoms with van der Waals surface area (Å²) in [6, 6.07) is 42.6. The van der Waals surface area contributed by atoms with E-state index in [0.717, 1.165) is 53.9 Å². The second-order valence-electron chi connectivity index (χ2n) is 10.2. The van der Waals surface area contributed by atoms with Crippen LogP contribution in [0.15, 0.2) is 121 Å². The molecule has 0 aliphatic heterocycles. The van der Waals surface area contributed by atoms with E-state index in [1.165, 1.54) is 11.1 Å². The molecule has 0 saturated carbocycles. The highest BCUT2D eigenvalue weighted by Crippen LogP contribution is 2.54. The molecular weight excluding hydrogens is 518 g/mol. The van der Waals surface area contributed by atoms with Gasteiger partial charge < -0.3 is 4.90 Å². The number of aryl methyl sites for hydroxylation is 1. The first-order chi connectivity index (χ1) is 20.1. The Morgan fingerprint density at radius 3 is 1.24 bits per heavy atom. The molecule has 5 aromatic carbocycles. The standard InChI is InChI=1S/C38H33NOS/c1-4-39(5-2)38(40)37-36-31(26(3)41-37)32(27-18-10-6-11-19-27)33(28-20-12-7-13-21-28)34(29-22-14-8-15-23-29)35(36)30-24-16-9-17-25-30/h6-25H,4-5H2,1-3H3. The van der Waals surface area contributed by atoms with Crippen molar-refractivity contribution in [3.8, 4) is 44.5 Å². The second kappa shape index (κ2) is 11.6. The van der Waals surface area contributed by atoms with Gasteiger partial charge in [-0.25, -0.2) is 0 Å². The second-order valence-corrected chi connectivity index (χ2v) is 11.4. The summed E-state index contributed by atoms with van der Waals surface area (Å²) in [6.07, 6.45) is 0. The number of hydrogen-bond donors (Lipinski definition) is 0. The Morgan fingerprint density at radius 2 is 0.878 bits per heavy atom. The number of benzene rings is 5. The van der Waals surface area contributed by atoms with E-state index in [0.29, 0.717) is 13.1 Å². The largest absolute Gasteiger partial charge is 0.338 e. The minimum Gasteiger partial charge on any atom is -0.338 e. The number of amides is 1. The quantitative estimate of drug-likeness (QED) is 0.193. The van der Waals surface area contributed by atoms with Crippen LogP contribution in [-0.2, 0) is 0 Å². The minimum atomic E-state index is 0.0979. The number of fused-ring (bicyclic) bond motifs is 1. The van der Waals surface area contributed by atoms with Gasteiger partial charge in [-0.05, 0) is 65.3 Å². The summed E-state index contributed by atoms with van der Waals surface area (Å²) >= 11 is 1.63. The predicted octanol–water partition coefficient (Wildman–Crippen LogP) is 10.4. The van der Waals surface area contributed by atoms with Crippen LogP contribution in [0.1, 0.15) is 28.4 Å². The average molecular weight is 552 g/mol. The van der Waals surface area contributed by atoms with E-state index in [1.54, 1.807) is 11.3 Å². The molecule has 0 aliphatic rings. The van der Waals surface area contributed by atoms with Gasteiger partial charge in [-0.15, -0.1) is 11.3 Å². The zero-order chi connectivity index (χ0) is 28.3. The van der Waals surface area contributed by atoms with Crippen molar-refractivity contribution in [1.29, 1.82) is 0 Å². The molecule has 2 nitrogen and oxygen atoms in total. The molecule has 6 aromatic rings. The molecule has 1 amide bonds. The Bertz CT molecular complexity index is 1800. The first-order valence-electron chi connectivity index (χ1n) is 14.3. The lowest BCUT2D eigenvalue weighted by molar-refractivity contribution is 0.0779. The zero-order valence-electron chi connectivity index (χ0n) is 23.7. The zero-order valence-corrected chi connectivity index (χ0v) is 24.5. The van der Waals surface area contributed by atoms with Gasteiger partial charge in [0.2, 0.25) is 0 Å². The molecule has 0 radical (unpaired) electrons. The topological polar surface area (TPSA) is 20.3 Å². The summed E-state index contributed by atoms with van der Waals surface area (Å²) in [5.41, 5.74) is 9.19. The van der Waals surface area contributed by atoms with Crippen molar-refractivity contribution < 1.29 is 4.79 Å². The van der Waals surface area contributed by atoms with Crippen molar-refractivity contribution in [2.24, 2.45) is 0 Å². The van der Waals surface area contributed by atoms with E-state index in [9.17, 15) is 4.79 Å². The maximum absolute atomic E-state index is 14.2. The van der Waals surface area contributed by atoms with Crippen molar-refractivity contribution >= 4 is 28.0 Å². The highest BCUT2D eigenvalue weighted by Gasteiger charge is 2.30. The van der Waals surface area contributed by atoms with Crippen molar-refractivity contribution in [3.05, 3.63) is 131 Å². The summed E-state index contributed by atoms with van der Waals surface area (Å²) in [5, 5.41) is 2.21. The van der Waals surface area contributed by atoms with Gasteiger partial charge in [0.25, 0.3) is 5.91 Å². The van der Waals surface area contributed by atoms with Gasteiger partial charge in [-0.1, -0.05) is 121 Å². The molecule has 0 unspecified atom stereocenters. The first kappa shape index (κ1) is 26.7. The maximum atomic E-state index is 14.2. The predicted molar refractivity (Wildman–Crippen MR) is 176 cm³/mol. The lowest BCUT2D eigenvalue weighted by Gasteiger charge is -2.24. The van der Waals surface area contributed by atoms with Crippen molar-refractivity contribution in [2.45, 2.75) is 20.8 Å². The summed E-state index contributed by atoms with van der Waals surface area (Å²) in [6.45, 7) is 7.63. The molecule has 3 heteroatoms. The Hall–Kier alpha value is -4.47. The van der Waals surface area contributed by atoms with E-state index >= 15 is 0 Å². The SMILES string of the molecule is CCN(CC)C(=O)c1sc(C)c2c(-c3ccccc3)c(-c3ccccc3)c(-c3ccccc3)c(-c3ccccc3)c12. The highest BCUT2D eigenvalue weighted by atomic mass is 32.1. The average Bonchev–Trinajstić information content (AvgIpc) is 3.38. The minimum absolute atomic E-state index is 0.0979. The third-order valence-corrected chi connectivity index (χ3v) is 8.92. The van der Waals surface area contributed by atoms with Crippen LogP contribution in [-0.4, -0.2) is 23.9 Å². The van der Waals surface area contributed by atoms with Gasteiger partial charge >= 0.3 is 0 Å². The van der Waals surface area contributed by atoms with Crippen LogP contribution in [0.25, 0.3) is 55.3 Å². The number of hydrogen-bond acceptors (Lipinski definition) is 2. The van der Waals surface area contributed by atoms with Crippen LogP contribution in [0, 0.1) is 6.92 Å². The van der Waals surface area contributed by atoms with Crippen molar-refractivity contribution in [1.82, 2.24) is 4.90 Å². The summed E-state index contributed by atoms with van der Waals surface area (Å²) < 4.78 is 0. The van der Waals surface area contributed by atoms with Crippen LogP contribution in [0.3, 0.4) is 0 Å². The summed E-state index contributed by atoms with van der Waals surface area (Å²) in [5.74, 6) is 0.0979. The van der Waals surface area contributed by atoms with Crippen molar-refractivity contribution in [3.63, 3.8) is 0 Å². The third kappa shape index (κ3) is 4.77.